The van der Waals surface area contributed by atoms with Crippen LogP contribution in [0.3, 0.4) is 0 Å². The molecule has 2 unspecified atom stereocenters. The summed E-state index contributed by atoms with van der Waals surface area (Å²) >= 11 is 0. The van der Waals surface area contributed by atoms with Crippen molar-refractivity contribution < 1.29 is 18.1 Å². The molecule has 1 aliphatic rings. The molecule has 9 heteroatoms. The Balaban J connectivity index is 1.88. The van der Waals surface area contributed by atoms with E-state index in [1.807, 2.05) is 27.7 Å². The largest absolute Gasteiger partial charge is 0.355 e. The van der Waals surface area contributed by atoms with Gasteiger partial charge in [0, 0.05) is 25.2 Å². The monoisotopic (exact) mass is 395 g/mol. The van der Waals surface area contributed by atoms with E-state index in [2.05, 4.69) is 16.1 Å². The maximum Gasteiger partial charge on any atom is 0.270 e. The van der Waals surface area contributed by atoms with Crippen LogP contribution in [-0.2, 0) is 14.8 Å². The topological polar surface area (TPSA) is 118 Å². The number of nitrogens with zero attached hydrogens (tertiary/aromatic N) is 1. The first kappa shape index (κ1) is 21.0. The standard InChI is InChI=1S/C18H25N3O5S/c1-12(2)10-15-16(18(15,3)4)17(22)19-8-9-20-27(25,26)14-7-5-6-13(11-14)21(23)24/h5-7,10-11,15-16,20H,8-9H2,1-4H3,(H,19,22). The number of nitro groups is 1. The Morgan fingerprint density at radius 3 is 2.56 bits per heavy atom. The van der Waals surface area contributed by atoms with E-state index in [9.17, 15) is 23.3 Å². The van der Waals surface area contributed by atoms with Gasteiger partial charge >= 0.3 is 0 Å². The van der Waals surface area contributed by atoms with Gasteiger partial charge in [0.2, 0.25) is 15.9 Å². The van der Waals surface area contributed by atoms with E-state index < -0.39 is 14.9 Å². The van der Waals surface area contributed by atoms with E-state index in [4.69, 9.17) is 0 Å². The van der Waals surface area contributed by atoms with Crippen molar-refractivity contribution in [3.63, 3.8) is 0 Å². The predicted octanol–water partition coefficient (Wildman–Crippen LogP) is 2.23. The zero-order chi connectivity index (χ0) is 20.4. The molecular weight excluding hydrogens is 370 g/mol. The number of hydrogen-bond donors (Lipinski definition) is 2. The first-order chi connectivity index (χ1) is 12.5. The molecule has 0 bridgehead atoms. The third-order valence-electron chi connectivity index (χ3n) is 4.76. The smallest absolute Gasteiger partial charge is 0.270 e. The van der Waals surface area contributed by atoms with Crippen molar-refractivity contribution in [1.29, 1.82) is 0 Å². The number of benzene rings is 1. The summed E-state index contributed by atoms with van der Waals surface area (Å²) in [5, 5.41) is 13.5. The minimum atomic E-state index is -3.88. The molecule has 1 fully saturated rings. The lowest BCUT2D eigenvalue weighted by Gasteiger charge is -2.08. The van der Waals surface area contributed by atoms with Gasteiger partial charge in [0.1, 0.15) is 0 Å². The van der Waals surface area contributed by atoms with Crippen LogP contribution >= 0.6 is 0 Å². The second kappa shape index (κ2) is 7.77. The second-order valence-corrected chi connectivity index (χ2v) is 9.28. The van der Waals surface area contributed by atoms with Crippen molar-refractivity contribution in [3.8, 4) is 0 Å². The summed E-state index contributed by atoms with van der Waals surface area (Å²) in [5.74, 6) is -0.0399. The third-order valence-corrected chi connectivity index (χ3v) is 6.22. The Bertz CT molecular complexity index is 873. The zero-order valence-electron chi connectivity index (χ0n) is 15.9. The first-order valence-electron chi connectivity index (χ1n) is 8.63. The van der Waals surface area contributed by atoms with Crippen molar-refractivity contribution in [3.05, 3.63) is 46.0 Å². The minimum Gasteiger partial charge on any atom is -0.355 e. The maximum absolute atomic E-state index is 12.3. The van der Waals surface area contributed by atoms with Gasteiger partial charge in [-0.15, -0.1) is 0 Å². The van der Waals surface area contributed by atoms with Crippen molar-refractivity contribution in [2.75, 3.05) is 13.1 Å². The van der Waals surface area contributed by atoms with E-state index >= 15 is 0 Å². The van der Waals surface area contributed by atoms with Gasteiger partial charge < -0.3 is 5.32 Å². The van der Waals surface area contributed by atoms with Crippen molar-refractivity contribution in [2.45, 2.75) is 32.6 Å². The van der Waals surface area contributed by atoms with Crippen LogP contribution in [-0.4, -0.2) is 32.3 Å². The van der Waals surface area contributed by atoms with Gasteiger partial charge in [-0.3, -0.25) is 14.9 Å². The molecule has 1 amide bonds. The lowest BCUT2D eigenvalue weighted by atomic mass is 10.1. The normalized spacial score (nSPS) is 20.6. The minimum absolute atomic E-state index is 0.00275. The number of rotatable bonds is 8. The summed E-state index contributed by atoms with van der Waals surface area (Å²) in [6.45, 7) is 8.19. The Labute approximate surface area is 159 Å². The quantitative estimate of drug-likeness (QED) is 0.303. The lowest BCUT2D eigenvalue weighted by Crippen LogP contribution is -2.36. The molecule has 27 heavy (non-hydrogen) atoms. The molecule has 2 rings (SSSR count). The van der Waals surface area contributed by atoms with Crippen LogP contribution in [0.5, 0.6) is 0 Å². The van der Waals surface area contributed by atoms with E-state index in [1.165, 1.54) is 18.2 Å². The molecule has 8 nitrogen and oxygen atoms in total. The third kappa shape index (κ3) is 4.92. The van der Waals surface area contributed by atoms with Crippen LogP contribution in [0.4, 0.5) is 5.69 Å². The summed E-state index contributed by atoms with van der Waals surface area (Å²) in [7, 11) is -3.88. The van der Waals surface area contributed by atoms with Crippen LogP contribution in [0.25, 0.3) is 0 Å². The average Bonchev–Trinajstić information content (AvgIpc) is 3.11. The molecule has 0 spiro atoms. The summed E-state index contributed by atoms with van der Waals surface area (Å²) in [6, 6.07) is 4.81. The molecule has 1 aliphatic carbocycles. The van der Waals surface area contributed by atoms with Gasteiger partial charge in [-0.05, 0) is 31.2 Å². The molecule has 1 aromatic rings. The molecule has 2 N–H and O–H groups in total. The van der Waals surface area contributed by atoms with Crippen LogP contribution in [0.2, 0.25) is 0 Å². The van der Waals surface area contributed by atoms with Gasteiger partial charge in [0.05, 0.1) is 15.7 Å². The molecule has 1 saturated carbocycles. The average molecular weight is 395 g/mol. The molecule has 0 saturated heterocycles. The highest BCUT2D eigenvalue weighted by molar-refractivity contribution is 7.89. The van der Waals surface area contributed by atoms with Gasteiger partial charge in [-0.1, -0.05) is 31.6 Å². The van der Waals surface area contributed by atoms with Crippen molar-refractivity contribution >= 4 is 21.6 Å². The molecule has 0 aliphatic heterocycles. The fourth-order valence-electron chi connectivity index (χ4n) is 3.18. The number of allylic oxidation sites excluding steroid dienone is 2. The molecule has 0 radical (unpaired) electrons. The number of hydrogen-bond acceptors (Lipinski definition) is 5. The van der Waals surface area contributed by atoms with Gasteiger partial charge in [-0.2, -0.15) is 0 Å². The maximum atomic E-state index is 12.3. The zero-order valence-corrected chi connectivity index (χ0v) is 16.7. The molecule has 2 atom stereocenters. The second-order valence-electron chi connectivity index (χ2n) is 7.51. The predicted molar refractivity (Wildman–Crippen MR) is 101 cm³/mol. The molecular formula is C18H25N3O5S. The molecule has 0 heterocycles. The highest BCUT2D eigenvalue weighted by Gasteiger charge is 2.60. The molecule has 1 aromatic carbocycles. The molecule has 0 aromatic heterocycles. The Hall–Kier alpha value is -2.26. The Morgan fingerprint density at radius 1 is 1.30 bits per heavy atom. The van der Waals surface area contributed by atoms with Crippen LogP contribution in [0.15, 0.2) is 40.8 Å². The van der Waals surface area contributed by atoms with E-state index in [1.54, 1.807) is 0 Å². The van der Waals surface area contributed by atoms with Crippen LogP contribution in [0, 0.1) is 27.4 Å². The Kier molecular flexibility index (Phi) is 6.06. The number of sulfonamides is 1. The number of amides is 1. The van der Waals surface area contributed by atoms with Crippen LogP contribution in [0.1, 0.15) is 27.7 Å². The van der Waals surface area contributed by atoms with Gasteiger partial charge in [0.15, 0.2) is 0 Å². The van der Waals surface area contributed by atoms with E-state index in [0.29, 0.717) is 0 Å². The number of carbonyl (C=O) groups excluding carboxylic acids is 1. The fourth-order valence-corrected chi connectivity index (χ4v) is 4.25. The Morgan fingerprint density at radius 2 is 1.96 bits per heavy atom. The fraction of sp³-hybridized carbons (Fsp3) is 0.500. The van der Waals surface area contributed by atoms with Crippen molar-refractivity contribution in [2.24, 2.45) is 17.3 Å². The lowest BCUT2D eigenvalue weighted by molar-refractivity contribution is -0.385. The van der Waals surface area contributed by atoms with E-state index in [0.717, 1.165) is 11.6 Å². The summed E-state index contributed by atoms with van der Waals surface area (Å²) < 4.78 is 26.8. The summed E-state index contributed by atoms with van der Waals surface area (Å²) in [4.78, 5) is 22.3. The summed E-state index contributed by atoms with van der Waals surface area (Å²) in [6.07, 6.45) is 2.09. The number of nitro benzene ring substituents is 1. The number of carbonyl (C=O) groups is 1. The van der Waals surface area contributed by atoms with Gasteiger partial charge in [0.25, 0.3) is 5.69 Å². The number of nitrogens with one attached hydrogen (secondary N) is 2. The summed E-state index contributed by atoms with van der Waals surface area (Å²) in [5.41, 5.74) is 0.754. The van der Waals surface area contributed by atoms with Crippen LogP contribution < -0.4 is 10.0 Å². The van der Waals surface area contributed by atoms with Crippen molar-refractivity contribution in [1.82, 2.24) is 10.0 Å². The van der Waals surface area contributed by atoms with E-state index in [-0.39, 0.29) is 46.8 Å². The first-order valence-corrected chi connectivity index (χ1v) is 10.1. The van der Waals surface area contributed by atoms with Gasteiger partial charge in [-0.25, -0.2) is 13.1 Å². The molecule has 148 valence electrons. The highest BCUT2D eigenvalue weighted by Crippen LogP contribution is 2.59. The SMILES string of the molecule is CC(C)=CC1C(C(=O)NCCNS(=O)(=O)c2cccc([N+](=O)[O-])c2)C1(C)C. The highest BCUT2D eigenvalue weighted by atomic mass is 32.2. The number of non-ortho nitro benzene ring substituents is 1.